The number of hydrogen-bond donors (Lipinski definition) is 1. The van der Waals surface area contributed by atoms with E-state index in [1.807, 2.05) is 0 Å². The molecule has 1 aromatic carbocycles. The lowest BCUT2D eigenvalue weighted by Gasteiger charge is -2.15. The zero-order valence-corrected chi connectivity index (χ0v) is 13.1. The van der Waals surface area contributed by atoms with Gasteiger partial charge in [0.25, 0.3) is 0 Å². The van der Waals surface area contributed by atoms with Gasteiger partial charge >= 0.3 is 0 Å². The van der Waals surface area contributed by atoms with Crippen LogP contribution in [0.25, 0.3) is 10.6 Å². The largest absolute Gasteiger partial charge is 0.311 e. The van der Waals surface area contributed by atoms with Crippen molar-refractivity contribution in [1.82, 2.24) is 10.3 Å². The van der Waals surface area contributed by atoms with Crippen molar-refractivity contribution in [2.45, 2.75) is 32.7 Å². The van der Waals surface area contributed by atoms with Crippen molar-refractivity contribution in [2.24, 2.45) is 11.8 Å². The zero-order valence-electron chi connectivity index (χ0n) is 12.3. The molecule has 4 heteroatoms. The van der Waals surface area contributed by atoms with Crippen LogP contribution >= 0.6 is 11.3 Å². The predicted molar refractivity (Wildman–Crippen MR) is 85.7 cm³/mol. The van der Waals surface area contributed by atoms with E-state index in [0.717, 1.165) is 41.2 Å². The average molecular weight is 304 g/mol. The molecular weight excluding hydrogens is 283 g/mol. The van der Waals surface area contributed by atoms with Gasteiger partial charge in [-0.05, 0) is 49.1 Å². The smallest absolute Gasteiger partial charge is 0.123 e. The Morgan fingerprint density at radius 2 is 2.10 bits per heavy atom. The second-order valence-corrected chi connectivity index (χ2v) is 6.81. The highest BCUT2D eigenvalue weighted by Gasteiger charge is 2.22. The van der Waals surface area contributed by atoms with E-state index in [9.17, 15) is 4.39 Å². The molecule has 0 aliphatic heterocycles. The van der Waals surface area contributed by atoms with E-state index in [2.05, 4.69) is 22.6 Å². The van der Waals surface area contributed by atoms with Gasteiger partial charge in [-0.1, -0.05) is 19.8 Å². The molecule has 2 unspecified atom stereocenters. The Hall–Kier alpha value is -1.26. The lowest BCUT2D eigenvalue weighted by Crippen LogP contribution is -2.24. The number of halogens is 1. The second-order valence-electron chi connectivity index (χ2n) is 5.95. The summed E-state index contributed by atoms with van der Waals surface area (Å²) in [5.41, 5.74) is 2.06. The number of rotatable bonds is 5. The van der Waals surface area contributed by atoms with Crippen molar-refractivity contribution >= 4 is 11.3 Å². The fraction of sp³-hybridized carbons (Fsp3) is 0.471. The maximum atomic E-state index is 12.9. The minimum absolute atomic E-state index is 0.206. The maximum absolute atomic E-state index is 12.9. The highest BCUT2D eigenvalue weighted by molar-refractivity contribution is 7.13. The van der Waals surface area contributed by atoms with Crippen LogP contribution in [-0.2, 0) is 6.54 Å². The summed E-state index contributed by atoms with van der Waals surface area (Å²) in [6.45, 7) is 4.26. The Labute approximate surface area is 129 Å². The number of nitrogens with zero attached hydrogens (tertiary/aromatic N) is 1. The maximum Gasteiger partial charge on any atom is 0.123 e. The van der Waals surface area contributed by atoms with Crippen molar-refractivity contribution in [3.8, 4) is 10.6 Å². The molecule has 1 aliphatic carbocycles. The highest BCUT2D eigenvalue weighted by atomic mass is 32.1. The van der Waals surface area contributed by atoms with Gasteiger partial charge in [0.1, 0.15) is 10.8 Å². The van der Waals surface area contributed by atoms with E-state index >= 15 is 0 Å². The molecule has 1 aliphatic rings. The van der Waals surface area contributed by atoms with Crippen LogP contribution in [0.5, 0.6) is 0 Å². The molecule has 0 radical (unpaired) electrons. The molecule has 2 aromatic rings. The molecule has 21 heavy (non-hydrogen) atoms. The van der Waals surface area contributed by atoms with Crippen LogP contribution in [0, 0.1) is 17.7 Å². The molecule has 1 fully saturated rings. The van der Waals surface area contributed by atoms with E-state index in [-0.39, 0.29) is 5.82 Å². The zero-order chi connectivity index (χ0) is 14.7. The molecule has 2 atom stereocenters. The van der Waals surface area contributed by atoms with Gasteiger partial charge < -0.3 is 5.32 Å². The summed E-state index contributed by atoms with van der Waals surface area (Å²) in [7, 11) is 0. The van der Waals surface area contributed by atoms with Crippen LogP contribution in [0.1, 0.15) is 31.9 Å². The van der Waals surface area contributed by atoms with Crippen molar-refractivity contribution in [3.63, 3.8) is 0 Å². The number of nitrogens with one attached hydrogen (secondary N) is 1. The molecule has 2 nitrogen and oxygen atoms in total. The Balaban J connectivity index is 1.54. The van der Waals surface area contributed by atoms with Crippen molar-refractivity contribution in [3.05, 3.63) is 41.2 Å². The van der Waals surface area contributed by atoms with Gasteiger partial charge in [0.05, 0.1) is 5.69 Å². The number of aromatic nitrogens is 1. The lowest BCUT2D eigenvalue weighted by atomic mass is 9.98. The third-order valence-electron chi connectivity index (χ3n) is 4.39. The van der Waals surface area contributed by atoms with Crippen LogP contribution in [0.3, 0.4) is 0 Å². The molecule has 0 amide bonds. The Kier molecular flexibility index (Phi) is 4.66. The van der Waals surface area contributed by atoms with Crippen LogP contribution in [0.15, 0.2) is 29.6 Å². The van der Waals surface area contributed by atoms with Gasteiger partial charge in [0.15, 0.2) is 0 Å². The summed E-state index contributed by atoms with van der Waals surface area (Å²) >= 11 is 1.62. The van der Waals surface area contributed by atoms with E-state index in [4.69, 9.17) is 0 Å². The molecule has 1 aromatic heterocycles. The SMILES string of the molecule is CC1CCCC1CNCc1csc(-c2ccc(F)cc2)n1. The number of thiazole rings is 1. The molecule has 1 N–H and O–H groups in total. The van der Waals surface area contributed by atoms with Crippen molar-refractivity contribution in [2.75, 3.05) is 6.54 Å². The quantitative estimate of drug-likeness (QED) is 0.881. The fourth-order valence-corrected chi connectivity index (χ4v) is 3.85. The average Bonchev–Trinajstić information content (AvgIpc) is 3.10. The number of hydrogen-bond acceptors (Lipinski definition) is 3. The highest BCUT2D eigenvalue weighted by Crippen LogP contribution is 2.30. The van der Waals surface area contributed by atoms with Crippen molar-refractivity contribution < 1.29 is 4.39 Å². The van der Waals surface area contributed by atoms with Crippen LogP contribution in [0.2, 0.25) is 0 Å². The molecule has 1 heterocycles. The summed E-state index contributed by atoms with van der Waals surface area (Å²) in [6.07, 6.45) is 4.10. The standard InChI is InChI=1S/C17H21FN2S/c1-12-3-2-4-14(12)9-19-10-16-11-21-17(20-16)13-5-7-15(18)8-6-13/h5-8,11-12,14,19H,2-4,9-10H2,1H3. The van der Waals surface area contributed by atoms with Crippen LogP contribution in [-0.4, -0.2) is 11.5 Å². The third-order valence-corrected chi connectivity index (χ3v) is 5.33. The first kappa shape index (κ1) is 14.7. The summed E-state index contributed by atoms with van der Waals surface area (Å²) in [6, 6.07) is 6.53. The van der Waals surface area contributed by atoms with E-state index in [1.165, 1.54) is 31.4 Å². The number of benzene rings is 1. The molecule has 3 rings (SSSR count). The monoisotopic (exact) mass is 304 g/mol. The minimum Gasteiger partial charge on any atom is -0.311 e. The Bertz CT molecular complexity index is 579. The first-order chi connectivity index (χ1) is 10.2. The molecule has 0 bridgehead atoms. The first-order valence-corrected chi connectivity index (χ1v) is 8.51. The normalized spacial score (nSPS) is 21.8. The summed E-state index contributed by atoms with van der Waals surface area (Å²) < 4.78 is 12.9. The third kappa shape index (κ3) is 3.69. The van der Waals surface area contributed by atoms with Crippen molar-refractivity contribution in [1.29, 1.82) is 0 Å². The summed E-state index contributed by atoms with van der Waals surface area (Å²) in [5, 5.41) is 6.58. The summed E-state index contributed by atoms with van der Waals surface area (Å²) in [4.78, 5) is 4.63. The van der Waals surface area contributed by atoms with E-state index in [1.54, 1.807) is 23.5 Å². The van der Waals surface area contributed by atoms with Crippen LogP contribution in [0.4, 0.5) is 4.39 Å². The van der Waals surface area contributed by atoms with E-state index in [0.29, 0.717) is 0 Å². The minimum atomic E-state index is -0.206. The van der Waals surface area contributed by atoms with Gasteiger partial charge in [0, 0.05) is 17.5 Å². The van der Waals surface area contributed by atoms with Gasteiger partial charge in [-0.3, -0.25) is 0 Å². The topological polar surface area (TPSA) is 24.9 Å². The summed E-state index contributed by atoms with van der Waals surface area (Å²) in [5.74, 6) is 1.46. The molecule has 0 spiro atoms. The first-order valence-electron chi connectivity index (χ1n) is 7.63. The Morgan fingerprint density at radius 1 is 1.29 bits per heavy atom. The lowest BCUT2D eigenvalue weighted by molar-refractivity contribution is 0.391. The second kappa shape index (κ2) is 6.67. The van der Waals surface area contributed by atoms with E-state index < -0.39 is 0 Å². The molecular formula is C17H21FN2S. The predicted octanol–water partition coefficient (Wildman–Crippen LogP) is 4.48. The van der Waals surface area contributed by atoms with Gasteiger partial charge in [-0.15, -0.1) is 11.3 Å². The Morgan fingerprint density at radius 3 is 2.81 bits per heavy atom. The van der Waals surface area contributed by atoms with Gasteiger partial charge in [0.2, 0.25) is 0 Å². The van der Waals surface area contributed by atoms with Crippen LogP contribution < -0.4 is 5.32 Å². The fourth-order valence-electron chi connectivity index (χ4n) is 3.02. The molecule has 0 saturated heterocycles. The molecule has 1 saturated carbocycles. The van der Waals surface area contributed by atoms with Gasteiger partial charge in [-0.2, -0.15) is 0 Å². The molecule has 112 valence electrons. The van der Waals surface area contributed by atoms with Gasteiger partial charge in [-0.25, -0.2) is 9.37 Å².